The number of rotatable bonds is 8. The van der Waals surface area contributed by atoms with E-state index in [2.05, 4.69) is 4.98 Å². The lowest BCUT2D eigenvalue weighted by Gasteiger charge is -2.09. The van der Waals surface area contributed by atoms with Crippen LogP contribution in [0.2, 0.25) is 0 Å². The number of benzene rings is 2. The van der Waals surface area contributed by atoms with E-state index in [9.17, 15) is 4.79 Å². The number of fused-ring (bicyclic) bond motifs is 2. The number of anilines is 1. The predicted octanol–water partition coefficient (Wildman–Crippen LogP) is 3.22. The van der Waals surface area contributed by atoms with E-state index in [1.165, 1.54) is 0 Å². The highest BCUT2D eigenvalue weighted by atomic mass is 16.6. The van der Waals surface area contributed by atoms with Gasteiger partial charge in [-0.2, -0.15) is 0 Å². The van der Waals surface area contributed by atoms with Crippen molar-refractivity contribution in [3.8, 4) is 5.75 Å². The zero-order chi connectivity index (χ0) is 21.8. The SMILES string of the molecule is COCCOC(=O)c1c(N)n(CCc2ccc(OC)cc2)c2nc3ccccc3nc12. The first-order chi connectivity index (χ1) is 15.1. The van der Waals surface area contributed by atoms with Gasteiger partial charge in [0.05, 0.1) is 24.8 Å². The third-order valence-electron chi connectivity index (χ3n) is 5.10. The van der Waals surface area contributed by atoms with Crippen LogP contribution in [0.5, 0.6) is 5.75 Å². The van der Waals surface area contributed by atoms with E-state index in [1.54, 1.807) is 14.2 Å². The van der Waals surface area contributed by atoms with Gasteiger partial charge >= 0.3 is 5.97 Å². The number of ether oxygens (including phenoxy) is 3. The van der Waals surface area contributed by atoms with Crippen molar-refractivity contribution < 1.29 is 19.0 Å². The molecule has 0 atom stereocenters. The first-order valence-electron chi connectivity index (χ1n) is 9.96. The van der Waals surface area contributed by atoms with E-state index in [0.29, 0.717) is 42.1 Å². The maximum absolute atomic E-state index is 12.8. The summed E-state index contributed by atoms with van der Waals surface area (Å²) in [7, 11) is 3.18. The van der Waals surface area contributed by atoms with Crippen molar-refractivity contribution in [2.45, 2.75) is 13.0 Å². The second-order valence-corrected chi connectivity index (χ2v) is 7.02. The zero-order valence-corrected chi connectivity index (χ0v) is 17.5. The third kappa shape index (κ3) is 4.15. The molecule has 0 spiro atoms. The van der Waals surface area contributed by atoms with E-state index in [0.717, 1.165) is 16.8 Å². The highest BCUT2D eigenvalue weighted by Crippen LogP contribution is 2.29. The second kappa shape index (κ2) is 9.01. The number of hydrogen-bond acceptors (Lipinski definition) is 7. The Morgan fingerprint density at radius 2 is 1.71 bits per heavy atom. The Bertz CT molecular complexity index is 1220. The molecule has 0 fully saturated rings. The molecule has 0 radical (unpaired) electrons. The number of para-hydroxylation sites is 2. The summed E-state index contributed by atoms with van der Waals surface area (Å²) in [5.41, 5.74) is 10.2. The average Bonchev–Trinajstić information content (AvgIpc) is 3.06. The first-order valence-corrected chi connectivity index (χ1v) is 9.96. The highest BCUT2D eigenvalue weighted by Gasteiger charge is 2.25. The van der Waals surface area contributed by atoms with Crippen LogP contribution in [-0.2, 0) is 22.4 Å². The number of esters is 1. The number of nitrogen functional groups attached to an aromatic ring is 1. The Labute approximate surface area is 179 Å². The largest absolute Gasteiger partial charge is 0.497 e. The minimum Gasteiger partial charge on any atom is -0.497 e. The molecule has 0 saturated heterocycles. The van der Waals surface area contributed by atoms with Crippen LogP contribution in [0.3, 0.4) is 0 Å². The van der Waals surface area contributed by atoms with E-state index in [1.807, 2.05) is 53.1 Å². The standard InChI is InChI=1S/C23H24N4O4/c1-29-13-14-31-23(28)19-20-22(26-18-6-4-3-5-17(18)25-20)27(21(19)24)12-11-15-7-9-16(30-2)10-8-15/h3-10H,11-14,24H2,1-2H3. The Morgan fingerprint density at radius 3 is 2.39 bits per heavy atom. The fourth-order valence-electron chi connectivity index (χ4n) is 3.47. The fourth-order valence-corrected chi connectivity index (χ4v) is 3.47. The lowest BCUT2D eigenvalue weighted by Crippen LogP contribution is -2.13. The van der Waals surface area contributed by atoms with Gasteiger partial charge in [0, 0.05) is 13.7 Å². The van der Waals surface area contributed by atoms with Gasteiger partial charge in [0.1, 0.15) is 29.3 Å². The Balaban J connectivity index is 1.74. The van der Waals surface area contributed by atoms with Gasteiger partial charge < -0.3 is 24.5 Å². The number of hydrogen-bond donors (Lipinski definition) is 1. The normalized spacial score (nSPS) is 11.2. The summed E-state index contributed by atoms with van der Waals surface area (Å²) in [5.74, 6) is 0.557. The van der Waals surface area contributed by atoms with Gasteiger partial charge in [-0.3, -0.25) is 0 Å². The average molecular weight is 420 g/mol. The minimum atomic E-state index is -0.535. The molecule has 8 nitrogen and oxygen atoms in total. The van der Waals surface area contributed by atoms with Gasteiger partial charge in [-0.25, -0.2) is 14.8 Å². The first kappa shape index (κ1) is 20.6. The van der Waals surface area contributed by atoms with Crippen LogP contribution in [0, 0.1) is 0 Å². The van der Waals surface area contributed by atoms with E-state index in [4.69, 9.17) is 24.9 Å². The van der Waals surface area contributed by atoms with Crippen molar-refractivity contribution in [1.82, 2.24) is 14.5 Å². The van der Waals surface area contributed by atoms with Crippen LogP contribution < -0.4 is 10.5 Å². The van der Waals surface area contributed by atoms with Gasteiger partial charge in [-0.15, -0.1) is 0 Å². The van der Waals surface area contributed by atoms with E-state index < -0.39 is 5.97 Å². The summed E-state index contributed by atoms with van der Waals surface area (Å²) in [6.07, 6.45) is 0.699. The van der Waals surface area contributed by atoms with Crippen molar-refractivity contribution in [3.63, 3.8) is 0 Å². The molecule has 2 aromatic carbocycles. The summed E-state index contributed by atoms with van der Waals surface area (Å²) in [6, 6.07) is 15.3. The molecule has 0 bridgehead atoms. The van der Waals surface area contributed by atoms with E-state index in [-0.39, 0.29) is 12.2 Å². The number of carbonyl (C=O) groups is 1. The molecule has 0 aliphatic rings. The molecule has 8 heteroatoms. The molecule has 4 aromatic rings. The number of methoxy groups -OCH3 is 2. The molecule has 2 heterocycles. The summed E-state index contributed by atoms with van der Waals surface area (Å²) in [5, 5.41) is 0. The number of carbonyl (C=O) groups excluding carboxylic acids is 1. The van der Waals surface area contributed by atoms with Crippen LogP contribution in [0.15, 0.2) is 48.5 Å². The molecule has 0 saturated carbocycles. The summed E-state index contributed by atoms with van der Waals surface area (Å²) >= 11 is 0. The van der Waals surface area contributed by atoms with Crippen molar-refractivity contribution >= 4 is 34.0 Å². The summed E-state index contributed by atoms with van der Waals surface area (Å²) < 4.78 is 17.3. The second-order valence-electron chi connectivity index (χ2n) is 7.02. The maximum atomic E-state index is 12.8. The Kier molecular flexibility index (Phi) is 5.99. The van der Waals surface area contributed by atoms with Crippen LogP contribution in [-0.4, -0.2) is 47.9 Å². The zero-order valence-electron chi connectivity index (χ0n) is 17.5. The monoisotopic (exact) mass is 420 g/mol. The van der Waals surface area contributed by atoms with Gasteiger partial charge in [-0.1, -0.05) is 24.3 Å². The number of nitrogens with two attached hydrogens (primary N) is 1. The lowest BCUT2D eigenvalue weighted by molar-refractivity contribution is 0.0391. The molecule has 0 aliphatic heterocycles. The van der Waals surface area contributed by atoms with Gasteiger partial charge in [0.15, 0.2) is 5.65 Å². The molecular formula is C23H24N4O4. The molecule has 2 N–H and O–H groups in total. The smallest absolute Gasteiger partial charge is 0.344 e. The molecule has 0 unspecified atom stereocenters. The lowest BCUT2D eigenvalue weighted by atomic mass is 10.1. The topological polar surface area (TPSA) is 101 Å². The predicted molar refractivity (Wildman–Crippen MR) is 118 cm³/mol. The third-order valence-corrected chi connectivity index (χ3v) is 5.10. The molecule has 0 amide bonds. The van der Waals surface area contributed by atoms with Crippen molar-refractivity contribution in [3.05, 3.63) is 59.7 Å². The van der Waals surface area contributed by atoms with Gasteiger partial charge in [-0.05, 0) is 36.2 Å². The summed E-state index contributed by atoms with van der Waals surface area (Å²) in [6.45, 7) is 0.970. The molecule has 0 aliphatic carbocycles. The quantitative estimate of drug-likeness (QED) is 0.345. The van der Waals surface area contributed by atoms with Crippen molar-refractivity contribution in [2.75, 3.05) is 33.2 Å². The number of nitrogens with zero attached hydrogens (tertiary/aromatic N) is 3. The number of aromatic nitrogens is 3. The van der Waals surface area contributed by atoms with Crippen molar-refractivity contribution in [2.24, 2.45) is 0 Å². The van der Waals surface area contributed by atoms with Crippen LogP contribution in [0.4, 0.5) is 5.82 Å². The van der Waals surface area contributed by atoms with Gasteiger partial charge in [0.2, 0.25) is 0 Å². The molecular weight excluding hydrogens is 396 g/mol. The molecule has 2 aromatic heterocycles. The number of aryl methyl sites for hydroxylation is 2. The van der Waals surface area contributed by atoms with Crippen LogP contribution in [0.25, 0.3) is 22.2 Å². The molecule has 160 valence electrons. The van der Waals surface area contributed by atoms with Crippen molar-refractivity contribution in [1.29, 1.82) is 0 Å². The highest BCUT2D eigenvalue weighted by molar-refractivity contribution is 6.08. The molecule has 31 heavy (non-hydrogen) atoms. The minimum absolute atomic E-state index is 0.133. The van der Waals surface area contributed by atoms with Gasteiger partial charge in [0.25, 0.3) is 0 Å². The summed E-state index contributed by atoms with van der Waals surface area (Å²) in [4.78, 5) is 22.2. The van der Waals surface area contributed by atoms with Crippen LogP contribution in [0.1, 0.15) is 15.9 Å². The van der Waals surface area contributed by atoms with E-state index >= 15 is 0 Å². The fraction of sp³-hybridized carbons (Fsp3) is 0.261. The molecule has 4 rings (SSSR count). The van der Waals surface area contributed by atoms with Crippen LogP contribution >= 0.6 is 0 Å². The Hall–Kier alpha value is -3.65. The Morgan fingerprint density at radius 1 is 1.00 bits per heavy atom. The maximum Gasteiger partial charge on any atom is 0.344 e.